The van der Waals surface area contributed by atoms with Crippen LogP contribution in [0.3, 0.4) is 0 Å². The van der Waals surface area contributed by atoms with E-state index in [9.17, 15) is 13.2 Å². The minimum atomic E-state index is -5.08. The number of carboxylic acid groups (broad SMARTS) is 1. The van der Waals surface area contributed by atoms with Gasteiger partial charge in [-0.25, -0.2) is 9.78 Å². The van der Waals surface area contributed by atoms with Gasteiger partial charge in [0.15, 0.2) is 0 Å². The molecule has 0 spiro atoms. The summed E-state index contributed by atoms with van der Waals surface area (Å²) in [6.07, 6.45) is 1.03. The number of imidazole rings is 1. The van der Waals surface area contributed by atoms with Crippen molar-refractivity contribution in [1.82, 2.24) is 30.4 Å². The van der Waals surface area contributed by atoms with Crippen molar-refractivity contribution in [2.45, 2.75) is 26.1 Å². The van der Waals surface area contributed by atoms with Gasteiger partial charge in [-0.05, 0) is 31.0 Å². The third kappa shape index (κ3) is 4.17. The SMILES string of the molecule is Cc1ncc2c(c1-c1noc(-c3cnc[nH]3)n1)CCNC2.O=C(O)C(F)(F)F. The number of nitrogens with one attached hydrogen (secondary N) is 2. The van der Waals surface area contributed by atoms with E-state index in [1.807, 2.05) is 13.1 Å². The number of H-pyrrole nitrogens is 1. The Kier molecular flexibility index (Phi) is 5.40. The van der Waals surface area contributed by atoms with Gasteiger partial charge in [-0.2, -0.15) is 18.2 Å². The Morgan fingerprint density at radius 3 is 2.71 bits per heavy atom. The van der Waals surface area contributed by atoms with Crippen molar-refractivity contribution in [1.29, 1.82) is 0 Å². The van der Waals surface area contributed by atoms with Crippen molar-refractivity contribution in [2.75, 3.05) is 6.54 Å². The van der Waals surface area contributed by atoms with Crippen LogP contribution in [0.1, 0.15) is 16.8 Å². The Morgan fingerprint density at radius 2 is 2.07 bits per heavy atom. The molecule has 0 aromatic carbocycles. The molecule has 1 aliphatic rings. The summed E-state index contributed by atoms with van der Waals surface area (Å²) in [7, 11) is 0. The highest BCUT2D eigenvalue weighted by Crippen LogP contribution is 2.29. The quantitative estimate of drug-likeness (QED) is 0.601. The van der Waals surface area contributed by atoms with E-state index in [4.69, 9.17) is 14.4 Å². The van der Waals surface area contributed by atoms with Crippen molar-refractivity contribution >= 4 is 5.97 Å². The first-order valence-electron chi connectivity index (χ1n) is 8.08. The maximum atomic E-state index is 10.6. The molecule has 3 N–H and O–H groups in total. The van der Waals surface area contributed by atoms with Gasteiger partial charge in [0.05, 0.1) is 12.5 Å². The predicted octanol–water partition coefficient (Wildman–Crippen LogP) is 2.11. The molecule has 0 bridgehead atoms. The molecule has 148 valence electrons. The molecular formula is C16H15F3N6O3. The number of carbonyl (C=O) groups is 1. The van der Waals surface area contributed by atoms with E-state index in [1.165, 1.54) is 11.1 Å². The zero-order valence-electron chi connectivity index (χ0n) is 14.5. The molecule has 28 heavy (non-hydrogen) atoms. The number of hydrogen-bond acceptors (Lipinski definition) is 7. The van der Waals surface area contributed by atoms with Crippen LogP contribution in [0.25, 0.3) is 23.0 Å². The first-order chi connectivity index (χ1) is 13.3. The van der Waals surface area contributed by atoms with Crippen LogP contribution in [0.2, 0.25) is 0 Å². The average molecular weight is 396 g/mol. The Balaban J connectivity index is 0.000000279. The van der Waals surface area contributed by atoms with Gasteiger partial charge >= 0.3 is 12.1 Å². The van der Waals surface area contributed by atoms with Crippen LogP contribution >= 0.6 is 0 Å². The molecule has 12 heteroatoms. The number of aryl methyl sites for hydroxylation is 1. The van der Waals surface area contributed by atoms with Crippen LogP contribution in [0, 0.1) is 6.92 Å². The van der Waals surface area contributed by atoms with Crippen molar-refractivity contribution in [3.05, 3.63) is 35.5 Å². The average Bonchev–Trinajstić information content (AvgIpc) is 3.33. The van der Waals surface area contributed by atoms with Crippen LogP contribution in [-0.2, 0) is 17.8 Å². The van der Waals surface area contributed by atoms with Gasteiger partial charge in [0.25, 0.3) is 5.89 Å². The van der Waals surface area contributed by atoms with Crippen molar-refractivity contribution in [3.8, 4) is 23.0 Å². The van der Waals surface area contributed by atoms with Crippen molar-refractivity contribution < 1.29 is 27.6 Å². The van der Waals surface area contributed by atoms with Gasteiger partial charge in [-0.15, -0.1) is 0 Å². The van der Waals surface area contributed by atoms with Gasteiger partial charge in [-0.3, -0.25) is 4.98 Å². The normalized spacial score (nSPS) is 13.4. The molecule has 0 atom stereocenters. The summed E-state index contributed by atoms with van der Waals surface area (Å²) in [4.78, 5) is 24.8. The number of aromatic nitrogens is 5. The summed E-state index contributed by atoms with van der Waals surface area (Å²) in [6.45, 7) is 3.76. The lowest BCUT2D eigenvalue weighted by molar-refractivity contribution is -0.192. The number of hydrogen-bond donors (Lipinski definition) is 3. The number of rotatable bonds is 2. The van der Waals surface area contributed by atoms with Crippen LogP contribution in [0.15, 0.2) is 23.2 Å². The predicted molar refractivity (Wildman–Crippen MR) is 88.9 cm³/mol. The number of alkyl halides is 3. The molecule has 4 rings (SSSR count). The standard InChI is InChI=1S/C14H14N6O.C2HF3O2/c1-8-12(10-2-3-15-4-9(10)5-17-8)13-19-14(21-20-13)11-6-16-7-18-11;3-2(4,5)1(6)7/h5-7,15H,2-4H2,1H3,(H,16,18);(H,6,7). The Morgan fingerprint density at radius 1 is 1.32 bits per heavy atom. The first-order valence-corrected chi connectivity index (χ1v) is 8.08. The zero-order valence-corrected chi connectivity index (χ0v) is 14.5. The number of halogens is 3. The highest BCUT2D eigenvalue weighted by Gasteiger charge is 2.38. The molecule has 4 heterocycles. The molecule has 3 aromatic rings. The molecule has 0 radical (unpaired) electrons. The van der Waals surface area contributed by atoms with E-state index < -0.39 is 12.1 Å². The van der Waals surface area contributed by atoms with E-state index in [2.05, 4.69) is 30.4 Å². The van der Waals surface area contributed by atoms with E-state index in [1.54, 1.807) is 12.5 Å². The fraction of sp³-hybridized carbons (Fsp3) is 0.312. The molecule has 0 fully saturated rings. The first kappa shape index (κ1) is 19.5. The highest BCUT2D eigenvalue weighted by atomic mass is 19.4. The third-order valence-corrected chi connectivity index (χ3v) is 3.95. The van der Waals surface area contributed by atoms with E-state index in [-0.39, 0.29) is 0 Å². The zero-order chi connectivity index (χ0) is 20.3. The summed E-state index contributed by atoms with van der Waals surface area (Å²) in [5, 5.41) is 14.6. The second-order valence-corrected chi connectivity index (χ2v) is 5.84. The summed E-state index contributed by atoms with van der Waals surface area (Å²) in [5.74, 6) is -1.73. The number of aromatic amines is 1. The number of fused-ring (bicyclic) bond motifs is 1. The third-order valence-electron chi connectivity index (χ3n) is 3.95. The Bertz CT molecular complexity index is 969. The molecule has 0 amide bonds. The second kappa shape index (κ2) is 7.76. The lowest BCUT2D eigenvalue weighted by atomic mass is 9.95. The summed E-state index contributed by atoms with van der Waals surface area (Å²) < 4.78 is 37.1. The molecule has 0 saturated heterocycles. The minimum Gasteiger partial charge on any atom is -0.475 e. The molecule has 1 aliphatic heterocycles. The number of carboxylic acids is 1. The molecule has 0 aliphatic carbocycles. The molecular weight excluding hydrogens is 381 g/mol. The largest absolute Gasteiger partial charge is 0.490 e. The fourth-order valence-electron chi connectivity index (χ4n) is 2.67. The number of aliphatic carboxylic acids is 1. The van der Waals surface area contributed by atoms with E-state index in [0.29, 0.717) is 17.4 Å². The van der Waals surface area contributed by atoms with E-state index in [0.717, 1.165) is 30.8 Å². The summed E-state index contributed by atoms with van der Waals surface area (Å²) in [6, 6.07) is 0. The lowest BCUT2D eigenvalue weighted by Crippen LogP contribution is -2.24. The number of nitrogens with zero attached hydrogens (tertiary/aromatic N) is 4. The van der Waals surface area contributed by atoms with Crippen molar-refractivity contribution in [3.63, 3.8) is 0 Å². The van der Waals surface area contributed by atoms with Gasteiger partial charge in [-0.1, -0.05) is 5.16 Å². The Labute approximate surface area is 156 Å². The maximum Gasteiger partial charge on any atom is 0.490 e. The number of pyridine rings is 1. The Hall–Kier alpha value is -3.28. The second-order valence-electron chi connectivity index (χ2n) is 5.84. The molecule has 9 nitrogen and oxygen atoms in total. The molecule has 0 unspecified atom stereocenters. The smallest absolute Gasteiger partial charge is 0.475 e. The van der Waals surface area contributed by atoms with Crippen molar-refractivity contribution in [2.24, 2.45) is 0 Å². The summed E-state index contributed by atoms with van der Waals surface area (Å²) in [5.41, 5.74) is 5.09. The fourth-order valence-corrected chi connectivity index (χ4v) is 2.67. The lowest BCUT2D eigenvalue weighted by Gasteiger charge is -2.19. The summed E-state index contributed by atoms with van der Waals surface area (Å²) >= 11 is 0. The van der Waals surface area contributed by atoms with Gasteiger partial charge in [0.2, 0.25) is 5.82 Å². The highest BCUT2D eigenvalue weighted by molar-refractivity contribution is 5.73. The topological polar surface area (TPSA) is 130 Å². The van der Waals surface area contributed by atoms with Crippen LogP contribution in [0.4, 0.5) is 13.2 Å². The monoisotopic (exact) mass is 396 g/mol. The van der Waals surface area contributed by atoms with Crippen LogP contribution in [-0.4, -0.2) is 48.9 Å². The van der Waals surface area contributed by atoms with Gasteiger partial charge < -0.3 is 19.9 Å². The minimum absolute atomic E-state index is 0.438. The molecule has 0 saturated carbocycles. The molecule has 3 aromatic heterocycles. The van der Waals surface area contributed by atoms with Gasteiger partial charge in [0.1, 0.15) is 5.69 Å². The van der Waals surface area contributed by atoms with Crippen LogP contribution in [0.5, 0.6) is 0 Å². The van der Waals surface area contributed by atoms with E-state index >= 15 is 0 Å². The van der Waals surface area contributed by atoms with Gasteiger partial charge in [0, 0.05) is 24.0 Å². The maximum absolute atomic E-state index is 10.6. The van der Waals surface area contributed by atoms with Crippen LogP contribution < -0.4 is 5.32 Å².